The van der Waals surface area contributed by atoms with Crippen molar-refractivity contribution < 1.29 is 27.1 Å². The van der Waals surface area contributed by atoms with E-state index in [1.165, 1.54) is 0 Å². The Labute approximate surface area is 87.8 Å². The van der Waals surface area contributed by atoms with E-state index in [4.69, 9.17) is 0 Å². The summed E-state index contributed by atoms with van der Waals surface area (Å²) in [6.07, 6.45) is -5.24. The Morgan fingerprint density at radius 1 is 1.31 bits per heavy atom. The van der Waals surface area contributed by atoms with Crippen LogP contribution in [0.3, 0.4) is 0 Å². The van der Waals surface area contributed by atoms with Crippen LogP contribution in [0.1, 0.15) is 5.56 Å². The van der Waals surface area contributed by atoms with Crippen molar-refractivity contribution in [2.24, 2.45) is 5.92 Å². The van der Waals surface area contributed by atoms with E-state index in [1.54, 1.807) is 0 Å². The zero-order chi connectivity index (χ0) is 11.9. The maximum Gasteiger partial charge on any atom is 0.402 e. The van der Waals surface area contributed by atoms with E-state index in [0.29, 0.717) is 0 Å². The molecule has 1 aromatic rings. The SMILES string of the molecule is O=C1Oc2ccc(F)cc2CC1C(F)(F)F. The van der Waals surface area contributed by atoms with Crippen molar-refractivity contribution in [3.05, 3.63) is 29.6 Å². The lowest BCUT2D eigenvalue weighted by Gasteiger charge is -2.24. The number of hydrogen-bond donors (Lipinski definition) is 0. The molecule has 0 aliphatic carbocycles. The molecule has 0 N–H and O–H groups in total. The van der Waals surface area contributed by atoms with E-state index in [-0.39, 0.29) is 11.3 Å². The van der Waals surface area contributed by atoms with Crippen molar-refractivity contribution in [2.75, 3.05) is 0 Å². The third kappa shape index (κ3) is 1.87. The normalized spacial score (nSPS) is 20.2. The van der Waals surface area contributed by atoms with Gasteiger partial charge in [0.05, 0.1) is 0 Å². The fourth-order valence-electron chi connectivity index (χ4n) is 1.54. The molecular weight excluding hydrogens is 228 g/mol. The van der Waals surface area contributed by atoms with Crippen molar-refractivity contribution in [3.63, 3.8) is 0 Å². The van der Waals surface area contributed by atoms with Gasteiger partial charge in [-0.15, -0.1) is 0 Å². The van der Waals surface area contributed by atoms with Gasteiger partial charge in [-0.25, -0.2) is 4.39 Å². The van der Waals surface area contributed by atoms with Crippen molar-refractivity contribution in [2.45, 2.75) is 12.6 Å². The summed E-state index contributed by atoms with van der Waals surface area (Å²) in [7, 11) is 0. The van der Waals surface area contributed by atoms with E-state index in [0.717, 1.165) is 18.2 Å². The lowest BCUT2D eigenvalue weighted by molar-refractivity contribution is -0.193. The molecule has 86 valence electrons. The van der Waals surface area contributed by atoms with Crippen molar-refractivity contribution in [3.8, 4) is 5.75 Å². The molecule has 1 aliphatic heterocycles. The second kappa shape index (κ2) is 3.47. The van der Waals surface area contributed by atoms with Crippen LogP contribution < -0.4 is 4.74 Å². The fraction of sp³-hybridized carbons (Fsp3) is 0.300. The minimum atomic E-state index is -4.67. The number of ether oxygens (including phenoxy) is 1. The summed E-state index contributed by atoms with van der Waals surface area (Å²) in [5.41, 5.74) is 0.0573. The molecule has 1 aromatic carbocycles. The van der Waals surface area contributed by atoms with Crippen LogP contribution in [0.15, 0.2) is 18.2 Å². The monoisotopic (exact) mass is 234 g/mol. The lowest BCUT2D eigenvalue weighted by atomic mass is 9.95. The van der Waals surface area contributed by atoms with Crippen molar-refractivity contribution in [1.82, 2.24) is 0 Å². The molecule has 0 saturated carbocycles. The van der Waals surface area contributed by atoms with Gasteiger partial charge in [-0.3, -0.25) is 4.79 Å². The van der Waals surface area contributed by atoms with Gasteiger partial charge in [-0.1, -0.05) is 0 Å². The largest absolute Gasteiger partial charge is 0.426 e. The van der Waals surface area contributed by atoms with Crippen molar-refractivity contribution >= 4 is 5.97 Å². The smallest absolute Gasteiger partial charge is 0.402 e. The summed E-state index contributed by atoms with van der Waals surface area (Å²) in [6.45, 7) is 0. The van der Waals surface area contributed by atoms with Gasteiger partial charge in [0.25, 0.3) is 0 Å². The van der Waals surface area contributed by atoms with Crippen LogP contribution in [-0.4, -0.2) is 12.1 Å². The number of carbonyl (C=O) groups excluding carboxylic acids is 1. The summed E-state index contributed by atoms with van der Waals surface area (Å²) >= 11 is 0. The zero-order valence-corrected chi connectivity index (χ0v) is 7.84. The average Bonchev–Trinajstić information content (AvgIpc) is 2.16. The molecule has 0 fully saturated rings. The number of benzene rings is 1. The number of alkyl halides is 3. The molecule has 0 spiro atoms. The molecule has 0 radical (unpaired) electrons. The van der Waals surface area contributed by atoms with Crippen LogP contribution in [0.5, 0.6) is 5.75 Å². The van der Waals surface area contributed by atoms with E-state index >= 15 is 0 Å². The molecule has 0 amide bonds. The predicted octanol–water partition coefficient (Wildman–Crippen LogP) is 2.47. The van der Waals surface area contributed by atoms with Gasteiger partial charge in [0.1, 0.15) is 11.6 Å². The number of hydrogen-bond acceptors (Lipinski definition) is 2. The molecule has 2 nitrogen and oxygen atoms in total. The molecule has 2 rings (SSSR count). The Morgan fingerprint density at radius 3 is 2.62 bits per heavy atom. The van der Waals surface area contributed by atoms with Gasteiger partial charge >= 0.3 is 12.1 Å². The molecule has 1 heterocycles. The van der Waals surface area contributed by atoms with E-state index in [9.17, 15) is 22.4 Å². The standard InChI is InChI=1S/C10H6F4O2/c11-6-1-2-8-5(3-6)4-7(9(15)16-8)10(12,13)14/h1-3,7H,4H2. The topological polar surface area (TPSA) is 26.3 Å². The molecule has 0 saturated heterocycles. The van der Waals surface area contributed by atoms with E-state index in [2.05, 4.69) is 4.74 Å². The van der Waals surface area contributed by atoms with Crippen LogP contribution >= 0.6 is 0 Å². The summed E-state index contributed by atoms with van der Waals surface area (Å²) < 4.78 is 54.5. The number of halogens is 4. The van der Waals surface area contributed by atoms with Gasteiger partial charge in [0, 0.05) is 0 Å². The summed E-state index contributed by atoms with van der Waals surface area (Å²) in [5, 5.41) is 0. The minimum absolute atomic E-state index is 0.00750. The highest BCUT2D eigenvalue weighted by Crippen LogP contribution is 2.37. The molecule has 1 unspecified atom stereocenters. The quantitative estimate of drug-likeness (QED) is 0.391. The molecule has 1 atom stereocenters. The van der Waals surface area contributed by atoms with Crippen molar-refractivity contribution in [1.29, 1.82) is 0 Å². The number of esters is 1. The fourth-order valence-corrected chi connectivity index (χ4v) is 1.54. The number of rotatable bonds is 0. The summed E-state index contributed by atoms with van der Waals surface area (Å²) in [5.74, 6) is -4.21. The first kappa shape index (κ1) is 10.9. The third-order valence-electron chi connectivity index (χ3n) is 2.34. The maximum absolute atomic E-state index is 12.8. The molecule has 0 bridgehead atoms. The lowest BCUT2D eigenvalue weighted by Crippen LogP contribution is -2.38. The first-order chi connectivity index (χ1) is 7.38. The Morgan fingerprint density at radius 2 is 2.00 bits per heavy atom. The van der Waals surface area contributed by atoms with Crippen LogP contribution in [0.25, 0.3) is 0 Å². The van der Waals surface area contributed by atoms with Gasteiger partial charge in [-0.05, 0) is 30.2 Å². The highest BCUT2D eigenvalue weighted by atomic mass is 19.4. The molecular formula is C10H6F4O2. The summed E-state index contributed by atoms with van der Waals surface area (Å²) in [6, 6.07) is 3.12. The van der Waals surface area contributed by atoms with Crippen LogP contribution in [0.2, 0.25) is 0 Å². The predicted molar refractivity (Wildman–Crippen MR) is 45.3 cm³/mol. The first-order valence-electron chi connectivity index (χ1n) is 4.45. The Hall–Kier alpha value is -1.59. The highest BCUT2D eigenvalue weighted by molar-refractivity contribution is 5.78. The second-order valence-electron chi connectivity index (χ2n) is 3.47. The first-order valence-corrected chi connectivity index (χ1v) is 4.45. The van der Waals surface area contributed by atoms with Crippen LogP contribution in [0, 0.1) is 11.7 Å². The molecule has 16 heavy (non-hydrogen) atoms. The van der Waals surface area contributed by atoms with Crippen LogP contribution in [-0.2, 0) is 11.2 Å². The van der Waals surface area contributed by atoms with E-state index in [1.807, 2.05) is 0 Å². The minimum Gasteiger partial charge on any atom is -0.426 e. The highest BCUT2D eigenvalue weighted by Gasteiger charge is 2.48. The Kier molecular flexibility index (Phi) is 2.36. The Balaban J connectivity index is 2.37. The average molecular weight is 234 g/mol. The summed E-state index contributed by atoms with van der Waals surface area (Å²) in [4.78, 5) is 11.1. The number of carbonyl (C=O) groups is 1. The molecule has 6 heteroatoms. The zero-order valence-electron chi connectivity index (χ0n) is 7.84. The van der Waals surface area contributed by atoms with Gasteiger partial charge < -0.3 is 4.74 Å². The second-order valence-corrected chi connectivity index (χ2v) is 3.47. The third-order valence-corrected chi connectivity index (χ3v) is 2.34. The van der Waals surface area contributed by atoms with E-state index < -0.39 is 30.3 Å². The number of fused-ring (bicyclic) bond motifs is 1. The van der Waals surface area contributed by atoms with Crippen LogP contribution in [0.4, 0.5) is 17.6 Å². The molecule has 0 aromatic heterocycles. The van der Waals surface area contributed by atoms with Gasteiger partial charge in [-0.2, -0.15) is 13.2 Å². The van der Waals surface area contributed by atoms with Gasteiger partial charge in [0.2, 0.25) is 0 Å². The Bertz CT molecular complexity index is 439. The maximum atomic E-state index is 12.8. The molecule has 1 aliphatic rings. The van der Waals surface area contributed by atoms with Gasteiger partial charge in [0.15, 0.2) is 5.92 Å².